The van der Waals surface area contributed by atoms with Crippen LogP contribution in [0.25, 0.3) is 0 Å². The lowest BCUT2D eigenvalue weighted by atomic mass is 10.1. The Hall–Kier alpha value is -1.14. The summed E-state index contributed by atoms with van der Waals surface area (Å²) in [6, 6.07) is 1.66. The van der Waals surface area contributed by atoms with Gasteiger partial charge in [0.1, 0.15) is 0 Å². The lowest BCUT2D eigenvalue weighted by Gasteiger charge is -2.16. The predicted molar refractivity (Wildman–Crippen MR) is 69.4 cm³/mol. The van der Waals surface area contributed by atoms with Crippen molar-refractivity contribution in [1.82, 2.24) is 4.98 Å². The normalized spacial score (nSPS) is 19.2. The summed E-state index contributed by atoms with van der Waals surface area (Å²) in [6.45, 7) is 0.250. The van der Waals surface area contributed by atoms with Crippen LogP contribution in [0.15, 0.2) is 16.7 Å². The predicted octanol–water partition coefficient (Wildman–Crippen LogP) is 2.02. The number of esters is 1. The fraction of sp³-hybridized carbons (Fsp3) is 0.364. The molecule has 1 fully saturated rings. The van der Waals surface area contributed by atoms with Crippen molar-refractivity contribution in [2.75, 3.05) is 18.6 Å². The van der Waals surface area contributed by atoms with E-state index in [9.17, 15) is 9.59 Å². The lowest BCUT2D eigenvalue weighted by Crippen LogP contribution is -2.27. The number of carbonyl (C=O) groups is 2. The van der Waals surface area contributed by atoms with Gasteiger partial charge >= 0.3 is 5.97 Å². The minimum atomic E-state index is -0.455. The zero-order valence-electron chi connectivity index (χ0n) is 9.52. The molecule has 2 heterocycles. The number of hydrogen-bond donors (Lipinski definition) is 0. The van der Waals surface area contributed by atoms with Crippen molar-refractivity contribution in [3.05, 3.63) is 21.8 Å². The van der Waals surface area contributed by atoms with Gasteiger partial charge in [-0.15, -0.1) is 0 Å². The van der Waals surface area contributed by atoms with Gasteiger partial charge in [-0.05, 0) is 22.0 Å². The van der Waals surface area contributed by atoms with Crippen molar-refractivity contribution in [3.63, 3.8) is 0 Å². The zero-order valence-corrected chi connectivity index (χ0v) is 11.9. The van der Waals surface area contributed by atoms with E-state index in [1.165, 1.54) is 12.0 Å². The van der Waals surface area contributed by atoms with Crippen LogP contribution in [0.5, 0.6) is 0 Å². The fourth-order valence-electron chi connectivity index (χ4n) is 1.84. The molecular weight excluding hydrogens is 323 g/mol. The van der Waals surface area contributed by atoms with Crippen molar-refractivity contribution in [2.24, 2.45) is 5.92 Å². The third kappa shape index (κ3) is 2.49. The van der Waals surface area contributed by atoms with Crippen molar-refractivity contribution >= 4 is 45.2 Å². The summed E-state index contributed by atoms with van der Waals surface area (Å²) in [5.74, 6) is -0.651. The molecule has 0 N–H and O–H groups in total. The van der Waals surface area contributed by atoms with Gasteiger partial charge < -0.3 is 4.74 Å². The Morgan fingerprint density at radius 1 is 1.67 bits per heavy atom. The molecule has 1 saturated heterocycles. The molecule has 1 atom stereocenters. The fourth-order valence-corrected chi connectivity index (χ4v) is 2.57. The number of methoxy groups -OCH3 is 1. The van der Waals surface area contributed by atoms with Crippen LogP contribution in [0, 0.1) is 5.92 Å². The number of carbonyl (C=O) groups excluding carboxylic acids is 2. The number of rotatable bonds is 2. The number of aromatic nitrogens is 1. The summed E-state index contributed by atoms with van der Waals surface area (Å²) < 4.78 is 5.37. The van der Waals surface area contributed by atoms with E-state index in [-0.39, 0.29) is 24.8 Å². The molecule has 0 aromatic carbocycles. The molecule has 2 rings (SSSR count). The van der Waals surface area contributed by atoms with E-state index >= 15 is 0 Å². The Labute approximate surface area is 117 Å². The first-order valence-corrected chi connectivity index (χ1v) is 6.39. The van der Waals surface area contributed by atoms with E-state index in [0.717, 1.165) is 4.47 Å². The van der Waals surface area contributed by atoms with Gasteiger partial charge in [-0.1, -0.05) is 11.6 Å². The molecule has 1 aliphatic heterocycles. The van der Waals surface area contributed by atoms with Crippen LogP contribution in [-0.2, 0) is 14.3 Å². The number of anilines is 1. The second-order valence-electron chi connectivity index (χ2n) is 3.89. The standard InChI is InChI=1S/C11H10BrClN2O3/c1-18-11(17)6-2-9(16)15(5-6)10-8(13)3-7(12)4-14-10/h3-4,6H,2,5H2,1H3. The molecular formula is C11H10BrClN2O3. The van der Waals surface area contributed by atoms with Gasteiger partial charge in [0.25, 0.3) is 0 Å². The average molecular weight is 334 g/mol. The number of amides is 1. The molecule has 1 aliphatic rings. The van der Waals surface area contributed by atoms with Gasteiger partial charge in [-0.2, -0.15) is 0 Å². The molecule has 0 aliphatic carbocycles. The third-order valence-electron chi connectivity index (χ3n) is 2.70. The molecule has 1 amide bonds. The highest BCUT2D eigenvalue weighted by atomic mass is 79.9. The van der Waals surface area contributed by atoms with E-state index in [0.29, 0.717) is 10.8 Å². The Balaban J connectivity index is 2.24. The van der Waals surface area contributed by atoms with Crippen LogP contribution in [-0.4, -0.2) is 30.5 Å². The van der Waals surface area contributed by atoms with Crippen molar-refractivity contribution in [3.8, 4) is 0 Å². The second-order valence-corrected chi connectivity index (χ2v) is 5.21. The largest absolute Gasteiger partial charge is 0.469 e. The molecule has 0 saturated carbocycles. The number of nitrogens with zero attached hydrogens (tertiary/aromatic N) is 2. The quantitative estimate of drug-likeness (QED) is 0.777. The maximum Gasteiger partial charge on any atom is 0.311 e. The van der Waals surface area contributed by atoms with Crippen LogP contribution in [0.2, 0.25) is 5.02 Å². The number of pyridine rings is 1. The van der Waals surface area contributed by atoms with Crippen LogP contribution in [0.4, 0.5) is 5.82 Å². The molecule has 1 aromatic heterocycles. The van der Waals surface area contributed by atoms with Crippen LogP contribution in [0.1, 0.15) is 6.42 Å². The van der Waals surface area contributed by atoms with E-state index in [1.807, 2.05) is 0 Å². The summed E-state index contributed by atoms with van der Waals surface area (Å²) in [7, 11) is 1.31. The topological polar surface area (TPSA) is 59.5 Å². The smallest absolute Gasteiger partial charge is 0.311 e. The van der Waals surface area contributed by atoms with Crippen molar-refractivity contribution < 1.29 is 14.3 Å². The molecule has 0 radical (unpaired) electrons. The summed E-state index contributed by atoms with van der Waals surface area (Å²) in [5.41, 5.74) is 0. The summed E-state index contributed by atoms with van der Waals surface area (Å²) in [4.78, 5) is 28.8. The summed E-state index contributed by atoms with van der Waals surface area (Å²) in [5, 5.41) is 0.364. The number of halogens is 2. The summed E-state index contributed by atoms with van der Waals surface area (Å²) >= 11 is 9.28. The maximum absolute atomic E-state index is 11.9. The minimum Gasteiger partial charge on any atom is -0.469 e. The Kier molecular flexibility index (Phi) is 3.87. The highest BCUT2D eigenvalue weighted by molar-refractivity contribution is 9.10. The van der Waals surface area contributed by atoms with Crippen molar-refractivity contribution in [2.45, 2.75) is 6.42 Å². The molecule has 7 heteroatoms. The Morgan fingerprint density at radius 2 is 2.39 bits per heavy atom. The van der Waals surface area contributed by atoms with E-state index < -0.39 is 5.92 Å². The molecule has 1 aromatic rings. The van der Waals surface area contributed by atoms with E-state index in [1.54, 1.807) is 12.3 Å². The first kappa shape index (κ1) is 13.3. The Morgan fingerprint density at radius 3 is 3.00 bits per heavy atom. The van der Waals surface area contributed by atoms with Crippen LogP contribution < -0.4 is 4.90 Å². The molecule has 5 nitrogen and oxygen atoms in total. The van der Waals surface area contributed by atoms with Gasteiger partial charge in [0.2, 0.25) is 5.91 Å². The monoisotopic (exact) mass is 332 g/mol. The SMILES string of the molecule is COC(=O)C1CC(=O)N(c2ncc(Br)cc2Cl)C1. The highest BCUT2D eigenvalue weighted by Gasteiger charge is 2.37. The van der Waals surface area contributed by atoms with E-state index in [2.05, 4.69) is 25.7 Å². The molecule has 96 valence electrons. The maximum atomic E-state index is 11.9. The summed E-state index contributed by atoms with van der Waals surface area (Å²) in [6.07, 6.45) is 1.68. The Bertz CT molecular complexity index is 509. The van der Waals surface area contributed by atoms with Gasteiger partial charge in [0, 0.05) is 23.6 Å². The van der Waals surface area contributed by atoms with E-state index in [4.69, 9.17) is 11.6 Å². The van der Waals surface area contributed by atoms with Gasteiger partial charge in [-0.3, -0.25) is 14.5 Å². The minimum absolute atomic E-state index is 0.126. The van der Waals surface area contributed by atoms with Crippen molar-refractivity contribution in [1.29, 1.82) is 0 Å². The molecule has 1 unspecified atom stereocenters. The highest BCUT2D eigenvalue weighted by Crippen LogP contribution is 2.31. The molecule has 18 heavy (non-hydrogen) atoms. The van der Waals surface area contributed by atoms with Gasteiger partial charge in [0.05, 0.1) is 18.1 Å². The van der Waals surface area contributed by atoms with Gasteiger partial charge in [0.15, 0.2) is 5.82 Å². The second kappa shape index (κ2) is 5.24. The first-order valence-electron chi connectivity index (χ1n) is 5.22. The molecule has 0 bridgehead atoms. The van der Waals surface area contributed by atoms with Crippen LogP contribution >= 0.6 is 27.5 Å². The first-order chi connectivity index (χ1) is 8.52. The molecule has 0 spiro atoms. The third-order valence-corrected chi connectivity index (χ3v) is 3.42. The lowest BCUT2D eigenvalue weighted by molar-refractivity contribution is -0.145. The zero-order chi connectivity index (χ0) is 13.3. The number of hydrogen-bond acceptors (Lipinski definition) is 4. The van der Waals surface area contributed by atoms with Gasteiger partial charge in [-0.25, -0.2) is 4.98 Å². The average Bonchev–Trinajstić information content (AvgIpc) is 2.70. The van der Waals surface area contributed by atoms with Crippen LogP contribution in [0.3, 0.4) is 0 Å². The number of ether oxygens (including phenoxy) is 1.